The molecule has 9 nitrogen and oxygen atoms in total. The van der Waals surface area contributed by atoms with E-state index in [1.54, 1.807) is 30.6 Å². The van der Waals surface area contributed by atoms with Crippen molar-refractivity contribution in [2.75, 3.05) is 13.2 Å². The number of carboxylic acids is 1. The number of benzene rings is 2. The maximum Gasteiger partial charge on any atom is 0.529 e. The average Bonchev–Trinajstić information content (AvgIpc) is 3.22. The molecule has 1 N–H and O–H groups in total. The van der Waals surface area contributed by atoms with E-state index in [4.69, 9.17) is 31.0 Å². The van der Waals surface area contributed by atoms with E-state index in [1.165, 1.54) is 27.9 Å². The number of aromatic nitrogens is 2. The van der Waals surface area contributed by atoms with Gasteiger partial charge in [-0.15, -0.1) is 5.06 Å². The van der Waals surface area contributed by atoms with E-state index in [1.807, 2.05) is 6.92 Å². The monoisotopic (exact) mass is 489 g/mol. The number of ether oxygens (including phenoxy) is 2. The van der Waals surface area contributed by atoms with E-state index >= 15 is 0 Å². The lowest BCUT2D eigenvalue weighted by molar-refractivity contribution is -0.155. The molecule has 0 unspecified atom stereocenters. The number of fused-ring (bicyclic) bond motifs is 1. The molecule has 34 heavy (non-hydrogen) atoms. The minimum Gasteiger partial charge on any atom is -0.482 e. The summed E-state index contributed by atoms with van der Waals surface area (Å²) in [5.74, 6) is -1.31. The van der Waals surface area contributed by atoms with Gasteiger partial charge in [-0.2, -0.15) is 5.10 Å². The second-order valence-electron chi connectivity index (χ2n) is 7.67. The van der Waals surface area contributed by atoms with Gasteiger partial charge >= 0.3 is 12.1 Å². The van der Waals surface area contributed by atoms with E-state index in [2.05, 4.69) is 5.10 Å². The number of hydrogen-bond donors (Lipinski definition) is 1. The Kier molecular flexibility index (Phi) is 6.99. The molecule has 0 aliphatic carbocycles. The van der Waals surface area contributed by atoms with Gasteiger partial charge in [0.15, 0.2) is 13.3 Å². The van der Waals surface area contributed by atoms with E-state index in [0.717, 1.165) is 11.1 Å². The van der Waals surface area contributed by atoms with Gasteiger partial charge in [0.25, 0.3) is 0 Å². The number of carbonyl (C=O) groups excluding carboxylic acids is 1. The highest BCUT2D eigenvalue weighted by Gasteiger charge is 2.34. The molecular weight excluding hydrogens is 469 g/mol. The molecule has 1 aromatic heterocycles. The zero-order valence-electron chi connectivity index (χ0n) is 18.1. The van der Waals surface area contributed by atoms with Crippen LogP contribution in [0.1, 0.15) is 28.3 Å². The van der Waals surface area contributed by atoms with Gasteiger partial charge in [0.1, 0.15) is 11.6 Å². The quantitative estimate of drug-likeness (QED) is 0.494. The van der Waals surface area contributed by atoms with Crippen LogP contribution in [0.25, 0.3) is 0 Å². The van der Waals surface area contributed by atoms with Crippen LogP contribution in [0.4, 0.5) is 9.18 Å². The number of rotatable bonds is 7. The molecular formula is C23H21ClFN3O6. The molecule has 0 saturated heterocycles. The van der Waals surface area contributed by atoms with Crippen molar-refractivity contribution in [1.29, 1.82) is 0 Å². The maximum atomic E-state index is 13.9. The van der Waals surface area contributed by atoms with Crippen molar-refractivity contribution in [3.05, 3.63) is 81.9 Å². The number of nitrogens with zero attached hydrogens (tertiary/aromatic N) is 3. The number of halogens is 2. The van der Waals surface area contributed by atoms with Crippen LogP contribution in [0.2, 0.25) is 5.02 Å². The third-order valence-electron chi connectivity index (χ3n) is 5.18. The first-order chi connectivity index (χ1) is 16.3. The molecule has 178 valence electrons. The lowest BCUT2D eigenvalue weighted by atomic mass is 9.89. The Labute approximate surface area is 199 Å². The molecule has 0 fully saturated rings. The fraction of sp³-hybridized carbons (Fsp3) is 0.261. The SMILES string of the molecule is Cc1cnn(COC(=O)ON2CCc3cc(F)ccc3[C@H]2c2cc(Cl)ccc2OCC(=O)O)c1. The average molecular weight is 490 g/mol. The van der Waals surface area contributed by atoms with Crippen molar-refractivity contribution < 1.29 is 33.4 Å². The predicted molar refractivity (Wildman–Crippen MR) is 118 cm³/mol. The van der Waals surface area contributed by atoms with Gasteiger partial charge in [0.05, 0.1) is 12.2 Å². The molecule has 2 heterocycles. The van der Waals surface area contributed by atoms with Crippen LogP contribution in [-0.4, -0.2) is 45.2 Å². The molecule has 1 aliphatic heterocycles. The van der Waals surface area contributed by atoms with Crippen molar-refractivity contribution in [3.63, 3.8) is 0 Å². The fourth-order valence-corrected chi connectivity index (χ4v) is 3.96. The minimum atomic E-state index is -1.16. The van der Waals surface area contributed by atoms with Crippen LogP contribution >= 0.6 is 11.6 Å². The Morgan fingerprint density at radius 3 is 2.79 bits per heavy atom. The minimum absolute atomic E-state index is 0.142. The Balaban J connectivity index is 1.64. The third kappa shape index (κ3) is 5.46. The number of carboxylic acid groups (broad SMARTS) is 1. The van der Waals surface area contributed by atoms with Gasteiger partial charge in [-0.3, -0.25) is 0 Å². The van der Waals surface area contributed by atoms with Crippen molar-refractivity contribution >= 4 is 23.7 Å². The van der Waals surface area contributed by atoms with Crippen LogP contribution < -0.4 is 4.74 Å². The van der Waals surface area contributed by atoms with Crippen molar-refractivity contribution in [1.82, 2.24) is 14.8 Å². The second kappa shape index (κ2) is 10.1. The second-order valence-corrected chi connectivity index (χ2v) is 8.11. The first kappa shape index (κ1) is 23.5. The van der Waals surface area contributed by atoms with Crippen LogP contribution in [-0.2, 0) is 27.5 Å². The van der Waals surface area contributed by atoms with Gasteiger partial charge in [-0.05, 0) is 60.4 Å². The summed E-state index contributed by atoms with van der Waals surface area (Å²) in [6.45, 7) is 1.36. The number of carbonyl (C=O) groups is 2. The Morgan fingerprint density at radius 2 is 2.06 bits per heavy atom. The third-order valence-corrected chi connectivity index (χ3v) is 5.41. The van der Waals surface area contributed by atoms with Gasteiger partial charge in [-0.1, -0.05) is 17.7 Å². The molecule has 0 spiro atoms. The molecule has 0 saturated carbocycles. The molecule has 0 radical (unpaired) electrons. The molecule has 0 amide bonds. The number of hydroxylamine groups is 2. The predicted octanol–water partition coefficient (Wildman–Crippen LogP) is 4.12. The molecule has 4 rings (SSSR count). The summed E-state index contributed by atoms with van der Waals surface area (Å²) in [6.07, 6.45) is 2.78. The molecule has 11 heteroatoms. The zero-order chi connectivity index (χ0) is 24.2. The summed E-state index contributed by atoms with van der Waals surface area (Å²) in [7, 11) is 0. The number of hydrogen-bond acceptors (Lipinski definition) is 7. The van der Waals surface area contributed by atoms with E-state index in [0.29, 0.717) is 22.6 Å². The molecule has 2 aromatic carbocycles. The van der Waals surface area contributed by atoms with Crippen molar-refractivity contribution in [2.45, 2.75) is 26.1 Å². The first-order valence-electron chi connectivity index (χ1n) is 10.3. The first-order valence-corrected chi connectivity index (χ1v) is 10.7. The van der Waals surface area contributed by atoms with E-state index in [-0.39, 0.29) is 19.0 Å². The van der Waals surface area contributed by atoms with Gasteiger partial charge in [0, 0.05) is 23.3 Å². The topological polar surface area (TPSA) is 103 Å². The van der Waals surface area contributed by atoms with Gasteiger partial charge in [-0.25, -0.2) is 18.7 Å². The lowest BCUT2D eigenvalue weighted by Crippen LogP contribution is -2.38. The summed E-state index contributed by atoms with van der Waals surface area (Å²) < 4.78 is 26.0. The van der Waals surface area contributed by atoms with Gasteiger partial charge in [0.2, 0.25) is 0 Å². The molecule has 1 aliphatic rings. The maximum absolute atomic E-state index is 13.9. The summed E-state index contributed by atoms with van der Waals surface area (Å²) in [5, 5.41) is 14.8. The highest BCUT2D eigenvalue weighted by Crippen LogP contribution is 2.41. The molecule has 1 atom stereocenters. The number of aliphatic carboxylic acids is 1. The number of aryl methyl sites for hydroxylation is 1. The normalized spacial score (nSPS) is 15.4. The van der Waals surface area contributed by atoms with E-state index < -0.39 is 30.6 Å². The Hall–Kier alpha value is -3.63. The highest BCUT2D eigenvalue weighted by atomic mass is 35.5. The summed E-state index contributed by atoms with van der Waals surface area (Å²) in [4.78, 5) is 29.1. The fourth-order valence-electron chi connectivity index (χ4n) is 3.78. The Morgan fingerprint density at radius 1 is 1.24 bits per heavy atom. The molecule has 3 aromatic rings. The highest BCUT2D eigenvalue weighted by molar-refractivity contribution is 6.30. The Bertz CT molecular complexity index is 1220. The van der Waals surface area contributed by atoms with Crippen molar-refractivity contribution in [2.24, 2.45) is 0 Å². The zero-order valence-corrected chi connectivity index (χ0v) is 18.9. The summed E-state index contributed by atoms with van der Waals surface area (Å²) in [6, 6.07) is 8.25. The van der Waals surface area contributed by atoms with Crippen LogP contribution in [0, 0.1) is 12.7 Å². The lowest BCUT2D eigenvalue weighted by Gasteiger charge is -2.36. The van der Waals surface area contributed by atoms with Crippen LogP contribution in [0.15, 0.2) is 48.8 Å². The van der Waals surface area contributed by atoms with Gasteiger partial charge < -0.3 is 19.4 Å². The van der Waals surface area contributed by atoms with Crippen molar-refractivity contribution in [3.8, 4) is 5.75 Å². The van der Waals surface area contributed by atoms with Crippen LogP contribution in [0.5, 0.6) is 5.75 Å². The standard InChI is InChI=1S/C23H21ClFN3O6/c1-14-10-26-27(11-14)13-33-23(31)34-28-7-6-15-8-17(25)3-4-18(15)22(28)19-9-16(24)2-5-20(19)32-12-21(29)30/h2-5,8-11,22H,6-7,12-13H2,1H3,(H,29,30)/t22-/m0/s1. The van der Waals surface area contributed by atoms with Crippen LogP contribution in [0.3, 0.4) is 0 Å². The summed E-state index contributed by atoms with van der Waals surface area (Å²) in [5.41, 5.74) is 2.74. The largest absolute Gasteiger partial charge is 0.529 e. The smallest absolute Gasteiger partial charge is 0.482 e. The molecule has 0 bridgehead atoms. The summed E-state index contributed by atoms with van der Waals surface area (Å²) >= 11 is 6.23. The van der Waals surface area contributed by atoms with E-state index in [9.17, 15) is 14.0 Å².